The minimum absolute atomic E-state index is 0.170. The monoisotopic (exact) mass is 293 g/mol. The predicted octanol–water partition coefficient (Wildman–Crippen LogP) is 4.54. The van der Waals surface area contributed by atoms with Crippen LogP contribution in [0.1, 0.15) is 42.5 Å². The number of nitrogens with one attached hydrogen (secondary N) is 1. The first kappa shape index (κ1) is 15.6. The first-order valence-electron chi connectivity index (χ1n) is 6.85. The van der Waals surface area contributed by atoms with Crippen LogP contribution in [0.5, 0.6) is 0 Å². The molecule has 2 rings (SSSR count). The number of halogens is 3. The van der Waals surface area contributed by atoms with E-state index in [1.54, 1.807) is 7.05 Å². The third-order valence-electron chi connectivity index (χ3n) is 3.56. The molecule has 4 heteroatoms. The molecule has 0 aliphatic heterocycles. The summed E-state index contributed by atoms with van der Waals surface area (Å²) in [5.74, 6) is -2.32. The van der Waals surface area contributed by atoms with Crippen molar-refractivity contribution in [3.8, 4) is 0 Å². The van der Waals surface area contributed by atoms with Gasteiger partial charge in [-0.1, -0.05) is 38.1 Å². The number of benzene rings is 2. The maximum Gasteiger partial charge on any atom is 0.134 e. The molecule has 1 N–H and O–H groups in total. The molecule has 0 aromatic heterocycles. The zero-order valence-corrected chi connectivity index (χ0v) is 12.3. The highest BCUT2D eigenvalue weighted by molar-refractivity contribution is 5.36. The van der Waals surface area contributed by atoms with Crippen LogP contribution < -0.4 is 5.32 Å². The Bertz CT molecular complexity index is 597. The molecule has 21 heavy (non-hydrogen) atoms. The number of rotatable bonds is 4. The van der Waals surface area contributed by atoms with Crippen molar-refractivity contribution < 1.29 is 13.2 Å². The molecule has 0 saturated heterocycles. The van der Waals surface area contributed by atoms with Gasteiger partial charge in [0, 0.05) is 17.7 Å². The first-order valence-corrected chi connectivity index (χ1v) is 6.85. The minimum Gasteiger partial charge on any atom is -0.309 e. The fraction of sp³-hybridized carbons (Fsp3) is 0.294. The Hall–Kier alpha value is -1.81. The zero-order chi connectivity index (χ0) is 15.6. The van der Waals surface area contributed by atoms with Gasteiger partial charge < -0.3 is 5.32 Å². The lowest BCUT2D eigenvalue weighted by molar-refractivity contribution is 0.500. The van der Waals surface area contributed by atoms with Gasteiger partial charge in [0.15, 0.2) is 0 Å². The molecule has 0 fully saturated rings. The van der Waals surface area contributed by atoms with E-state index in [1.807, 2.05) is 24.3 Å². The Labute approximate surface area is 122 Å². The molecule has 1 nitrogen and oxygen atoms in total. The predicted molar refractivity (Wildman–Crippen MR) is 77.7 cm³/mol. The molecule has 0 bridgehead atoms. The van der Waals surface area contributed by atoms with Crippen molar-refractivity contribution in [1.29, 1.82) is 0 Å². The first-order chi connectivity index (χ1) is 9.93. The molecule has 0 amide bonds. The molecule has 2 aromatic rings. The van der Waals surface area contributed by atoms with E-state index in [-0.39, 0.29) is 5.56 Å². The van der Waals surface area contributed by atoms with Crippen molar-refractivity contribution in [1.82, 2.24) is 5.32 Å². The molecule has 0 heterocycles. The van der Waals surface area contributed by atoms with Crippen LogP contribution in [-0.4, -0.2) is 7.05 Å². The van der Waals surface area contributed by atoms with E-state index >= 15 is 0 Å². The lowest BCUT2D eigenvalue weighted by Crippen LogP contribution is -2.20. The summed E-state index contributed by atoms with van der Waals surface area (Å²) in [6.45, 7) is 4.15. The molecule has 1 atom stereocenters. The summed E-state index contributed by atoms with van der Waals surface area (Å²) in [5.41, 5.74) is 1.70. The molecule has 1 unspecified atom stereocenters. The van der Waals surface area contributed by atoms with E-state index in [0.29, 0.717) is 18.1 Å². The highest BCUT2D eigenvalue weighted by Crippen LogP contribution is 2.28. The van der Waals surface area contributed by atoms with Crippen molar-refractivity contribution in [3.05, 3.63) is 70.5 Å². The number of hydrogen-bond donors (Lipinski definition) is 1. The summed E-state index contributed by atoms with van der Waals surface area (Å²) < 4.78 is 40.9. The van der Waals surface area contributed by atoms with Crippen LogP contribution in [0.15, 0.2) is 36.4 Å². The maximum absolute atomic E-state index is 13.9. The SMILES string of the molecule is CNC(c1ccc(C(C)C)cc1)c1c(F)cc(F)cc1F. The molecule has 0 saturated carbocycles. The molecule has 0 aliphatic rings. The van der Waals surface area contributed by atoms with Crippen LogP contribution in [0.3, 0.4) is 0 Å². The van der Waals surface area contributed by atoms with E-state index in [9.17, 15) is 13.2 Å². The molecular weight excluding hydrogens is 275 g/mol. The van der Waals surface area contributed by atoms with Gasteiger partial charge in [-0.3, -0.25) is 0 Å². The van der Waals surface area contributed by atoms with Gasteiger partial charge in [-0.25, -0.2) is 13.2 Å². The second kappa shape index (κ2) is 6.31. The smallest absolute Gasteiger partial charge is 0.134 e. The van der Waals surface area contributed by atoms with E-state index in [1.165, 1.54) is 0 Å². The summed E-state index contributed by atoms with van der Waals surface area (Å²) in [5, 5.41) is 2.88. The Kier molecular flexibility index (Phi) is 4.68. The van der Waals surface area contributed by atoms with Crippen molar-refractivity contribution in [2.75, 3.05) is 7.05 Å². The van der Waals surface area contributed by atoms with Crippen molar-refractivity contribution >= 4 is 0 Å². The zero-order valence-electron chi connectivity index (χ0n) is 12.3. The summed E-state index contributed by atoms with van der Waals surface area (Å²) in [6.07, 6.45) is 0. The van der Waals surface area contributed by atoms with Crippen LogP contribution >= 0.6 is 0 Å². The van der Waals surface area contributed by atoms with Crippen LogP contribution in [0.25, 0.3) is 0 Å². The maximum atomic E-state index is 13.9. The van der Waals surface area contributed by atoms with Crippen molar-refractivity contribution in [2.24, 2.45) is 0 Å². The Morgan fingerprint density at radius 2 is 1.33 bits per heavy atom. The van der Waals surface area contributed by atoms with Gasteiger partial charge >= 0.3 is 0 Å². The van der Waals surface area contributed by atoms with Gasteiger partial charge in [0.25, 0.3) is 0 Å². The minimum atomic E-state index is -0.918. The quantitative estimate of drug-likeness (QED) is 0.873. The fourth-order valence-corrected chi connectivity index (χ4v) is 2.38. The summed E-state index contributed by atoms with van der Waals surface area (Å²) >= 11 is 0. The summed E-state index contributed by atoms with van der Waals surface area (Å²) in [6, 6.07) is 8.27. The molecular formula is C17H18F3N. The lowest BCUT2D eigenvalue weighted by atomic mass is 9.94. The third-order valence-corrected chi connectivity index (χ3v) is 3.56. The van der Waals surface area contributed by atoms with Crippen LogP contribution in [0.4, 0.5) is 13.2 Å². The van der Waals surface area contributed by atoms with E-state index in [4.69, 9.17) is 0 Å². The third kappa shape index (κ3) is 3.27. The second-order valence-corrected chi connectivity index (χ2v) is 5.33. The van der Waals surface area contributed by atoms with Crippen LogP contribution in [0, 0.1) is 17.5 Å². The molecule has 0 radical (unpaired) electrons. The number of hydrogen-bond acceptors (Lipinski definition) is 1. The highest BCUT2D eigenvalue weighted by atomic mass is 19.1. The van der Waals surface area contributed by atoms with Gasteiger partial charge in [0.05, 0.1) is 6.04 Å². The summed E-state index contributed by atoms with van der Waals surface area (Å²) in [4.78, 5) is 0. The van der Waals surface area contributed by atoms with Gasteiger partial charge in [-0.15, -0.1) is 0 Å². The van der Waals surface area contributed by atoms with Gasteiger partial charge in [0.2, 0.25) is 0 Å². The van der Waals surface area contributed by atoms with Crippen molar-refractivity contribution in [2.45, 2.75) is 25.8 Å². The van der Waals surface area contributed by atoms with Crippen molar-refractivity contribution in [3.63, 3.8) is 0 Å². The second-order valence-electron chi connectivity index (χ2n) is 5.33. The largest absolute Gasteiger partial charge is 0.309 e. The van der Waals surface area contributed by atoms with Gasteiger partial charge in [-0.2, -0.15) is 0 Å². The van der Waals surface area contributed by atoms with E-state index in [2.05, 4.69) is 19.2 Å². The van der Waals surface area contributed by atoms with E-state index in [0.717, 1.165) is 11.1 Å². The Balaban J connectivity index is 2.45. The van der Waals surface area contributed by atoms with Crippen LogP contribution in [0.2, 0.25) is 0 Å². The molecule has 0 aliphatic carbocycles. The van der Waals surface area contributed by atoms with Gasteiger partial charge in [-0.05, 0) is 24.1 Å². The fourth-order valence-electron chi connectivity index (χ4n) is 2.38. The standard InChI is InChI=1S/C17H18F3N/c1-10(2)11-4-6-12(7-5-11)17(21-3)16-14(19)8-13(18)9-15(16)20/h4-10,17,21H,1-3H3. The average Bonchev–Trinajstić information content (AvgIpc) is 2.42. The van der Waals surface area contributed by atoms with Gasteiger partial charge in [0.1, 0.15) is 17.5 Å². The Morgan fingerprint density at radius 1 is 0.857 bits per heavy atom. The normalized spacial score (nSPS) is 12.7. The molecule has 2 aromatic carbocycles. The van der Waals surface area contributed by atoms with Crippen LogP contribution in [-0.2, 0) is 0 Å². The highest BCUT2D eigenvalue weighted by Gasteiger charge is 2.21. The molecule has 112 valence electrons. The Morgan fingerprint density at radius 3 is 1.76 bits per heavy atom. The lowest BCUT2D eigenvalue weighted by Gasteiger charge is -2.19. The van der Waals surface area contributed by atoms with E-state index < -0.39 is 23.5 Å². The summed E-state index contributed by atoms with van der Waals surface area (Å²) in [7, 11) is 1.61. The average molecular weight is 293 g/mol. The molecule has 0 spiro atoms. The topological polar surface area (TPSA) is 12.0 Å².